The van der Waals surface area contributed by atoms with E-state index in [0.717, 1.165) is 18.6 Å². The van der Waals surface area contributed by atoms with Crippen LogP contribution >= 0.6 is 0 Å². The normalized spacial score (nSPS) is 15.9. The SMILES string of the molecule is CC=C(O[Si](C)(C)C)[C@H](CCC)OC(C)(C)C. The maximum Gasteiger partial charge on any atom is 0.241 e. The maximum atomic E-state index is 6.12. The molecular weight excluding hydrogens is 228 g/mol. The first-order chi connectivity index (χ1) is 7.59. The average Bonchev–Trinajstić information content (AvgIpc) is 2.10. The Kier molecular flexibility index (Phi) is 6.49. The smallest absolute Gasteiger partial charge is 0.241 e. The van der Waals surface area contributed by atoms with E-state index in [1.807, 2.05) is 6.92 Å². The van der Waals surface area contributed by atoms with Gasteiger partial charge in [-0.05, 0) is 59.8 Å². The lowest BCUT2D eigenvalue weighted by Crippen LogP contribution is -2.34. The van der Waals surface area contributed by atoms with Crippen LogP contribution in [0.5, 0.6) is 0 Å². The zero-order valence-electron chi connectivity index (χ0n) is 12.9. The van der Waals surface area contributed by atoms with Gasteiger partial charge in [0, 0.05) is 0 Å². The van der Waals surface area contributed by atoms with Crippen molar-refractivity contribution in [1.82, 2.24) is 0 Å². The van der Waals surface area contributed by atoms with Crippen LogP contribution in [0.3, 0.4) is 0 Å². The van der Waals surface area contributed by atoms with Crippen LogP contribution in [0, 0.1) is 0 Å². The standard InChI is InChI=1S/C14H30O2Si/c1-9-11-13(15-14(3,4)5)12(10-2)16-17(6,7)8/h10,13H,9,11H2,1-8H3/t13-/m0/s1. The minimum absolute atomic E-state index is 0.0942. The number of ether oxygens (including phenoxy) is 1. The summed E-state index contributed by atoms with van der Waals surface area (Å²) in [4.78, 5) is 0. The zero-order chi connectivity index (χ0) is 13.7. The van der Waals surface area contributed by atoms with Crippen LogP contribution in [0.4, 0.5) is 0 Å². The van der Waals surface area contributed by atoms with E-state index in [2.05, 4.69) is 53.4 Å². The molecule has 0 aromatic carbocycles. The molecular formula is C14H30O2Si. The first-order valence-electron chi connectivity index (χ1n) is 6.62. The van der Waals surface area contributed by atoms with E-state index in [0.29, 0.717) is 0 Å². The first-order valence-corrected chi connectivity index (χ1v) is 10.0. The van der Waals surface area contributed by atoms with E-state index in [9.17, 15) is 0 Å². The summed E-state index contributed by atoms with van der Waals surface area (Å²) in [5.41, 5.74) is -0.128. The molecule has 102 valence electrons. The predicted molar refractivity (Wildman–Crippen MR) is 77.7 cm³/mol. The van der Waals surface area contributed by atoms with Crippen molar-refractivity contribution < 1.29 is 9.16 Å². The summed E-state index contributed by atoms with van der Waals surface area (Å²) < 4.78 is 12.2. The molecule has 0 N–H and O–H groups in total. The van der Waals surface area contributed by atoms with Crippen molar-refractivity contribution in [3.63, 3.8) is 0 Å². The van der Waals surface area contributed by atoms with Gasteiger partial charge in [-0.3, -0.25) is 0 Å². The Hall–Kier alpha value is -0.283. The lowest BCUT2D eigenvalue weighted by molar-refractivity contribution is -0.0596. The predicted octanol–water partition coefficient (Wildman–Crippen LogP) is 4.73. The molecule has 0 aromatic heterocycles. The van der Waals surface area contributed by atoms with Crippen molar-refractivity contribution in [3.8, 4) is 0 Å². The molecule has 17 heavy (non-hydrogen) atoms. The molecule has 0 aromatic rings. The summed E-state index contributed by atoms with van der Waals surface area (Å²) in [6.07, 6.45) is 4.27. The average molecular weight is 258 g/mol. The Bertz CT molecular complexity index is 246. The Labute approximate surface area is 109 Å². The van der Waals surface area contributed by atoms with E-state index < -0.39 is 8.32 Å². The number of rotatable bonds is 6. The summed E-state index contributed by atoms with van der Waals surface area (Å²) in [6.45, 7) is 17.1. The topological polar surface area (TPSA) is 18.5 Å². The van der Waals surface area contributed by atoms with E-state index in [4.69, 9.17) is 9.16 Å². The quantitative estimate of drug-likeness (QED) is 0.507. The third-order valence-corrected chi connectivity index (χ3v) is 2.92. The minimum Gasteiger partial charge on any atom is -0.546 e. The molecule has 0 fully saturated rings. The van der Waals surface area contributed by atoms with Crippen molar-refractivity contribution in [2.75, 3.05) is 0 Å². The van der Waals surface area contributed by atoms with Crippen molar-refractivity contribution in [3.05, 3.63) is 11.8 Å². The van der Waals surface area contributed by atoms with Gasteiger partial charge in [-0.1, -0.05) is 13.3 Å². The number of hydrogen-bond donors (Lipinski definition) is 0. The van der Waals surface area contributed by atoms with E-state index in [-0.39, 0.29) is 11.7 Å². The van der Waals surface area contributed by atoms with Gasteiger partial charge in [-0.25, -0.2) is 0 Å². The molecule has 2 nitrogen and oxygen atoms in total. The van der Waals surface area contributed by atoms with Gasteiger partial charge >= 0.3 is 0 Å². The highest BCUT2D eigenvalue weighted by Crippen LogP contribution is 2.24. The molecule has 0 bridgehead atoms. The second-order valence-electron chi connectivity index (χ2n) is 6.41. The van der Waals surface area contributed by atoms with Crippen LogP contribution in [0.1, 0.15) is 47.5 Å². The molecule has 3 heteroatoms. The highest BCUT2D eigenvalue weighted by atomic mass is 28.4. The van der Waals surface area contributed by atoms with Gasteiger partial charge in [0.2, 0.25) is 8.32 Å². The molecule has 0 aliphatic heterocycles. The monoisotopic (exact) mass is 258 g/mol. The van der Waals surface area contributed by atoms with Crippen molar-refractivity contribution in [2.45, 2.75) is 78.8 Å². The van der Waals surface area contributed by atoms with Crippen molar-refractivity contribution in [2.24, 2.45) is 0 Å². The van der Waals surface area contributed by atoms with Crippen LogP contribution in [0.25, 0.3) is 0 Å². The van der Waals surface area contributed by atoms with Gasteiger partial charge in [0.1, 0.15) is 11.9 Å². The molecule has 1 atom stereocenters. The van der Waals surface area contributed by atoms with Crippen LogP contribution in [-0.2, 0) is 9.16 Å². The molecule has 0 amide bonds. The van der Waals surface area contributed by atoms with E-state index >= 15 is 0 Å². The van der Waals surface area contributed by atoms with Gasteiger partial charge in [-0.2, -0.15) is 0 Å². The summed E-state index contributed by atoms with van der Waals surface area (Å²) in [5.74, 6) is 1.01. The number of hydrogen-bond acceptors (Lipinski definition) is 2. The highest BCUT2D eigenvalue weighted by Gasteiger charge is 2.26. The fourth-order valence-electron chi connectivity index (χ4n) is 1.61. The fourth-order valence-corrected chi connectivity index (χ4v) is 2.57. The lowest BCUT2D eigenvalue weighted by Gasteiger charge is -2.32. The third kappa shape index (κ3) is 8.44. The Balaban J connectivity index is 4.77. The van der Waals surface area contributed by atoms with Crippen LogP contribution in [0.2, 0.25) is 19.6 Å². The second kappa shape index (κ2) is 6.60. The van der Waals surface area contributed by atoms with E-state index in [1.165, 1.54) is 0 Å². The minimum atomic E-state index is -1.56. The largest absolute Gasteiger partial charge is 0.546 e. The van der Waals surface area contributed by atoms with Crippen LogP contribution in [0.15, 0.2) is 11.8 Å². The third-order valence-electron chi connectivity index (χ3n) is 2.07. The fraction of sp³-hybridized carbons (Fsp3) is 0.857. The van der Waals surface area contributed by atoms with Gasteiger partial charge in [0.05, 0.1) is 5.60 Å². The van der Waals surface area contributed by atoms with Crippen molar-refractivity contribution in [1.29, 1.82) is 0 Å². The van der Waals surface area contributed by atoms with Gasteiger partial charge in [0.25, 0.3) is 0 Å². The molecule has 0 heterocycles. The molecule has 0 saturated carbocycles. The molecule has 0 unspecified atom stereocenters. The first kappa shape index (κ1) is 16.7. The molecule has 0 saturated heterocycles. The number of allylic oxidation sites excluding steroid dienone is 1. The molecule has 0 spiro atoms. The van der Waals surface area contributed by atoms with Crippen molar-refractivity contribution >= 4 is 8.32 Å². The Morgan fingerprint density at radius 1 is 1.24 bits per heavy atom. The zero-order valence-corrected chi connectivity index (χ0v) is 13.9. The lowest BCUT2D eigenvalue weighted by atomic mass is 10.1. The maximum absolute atomic E-state index is 6.12. The molecule has 0 rings (SSSR count). The Morgan fingerprint density at radius 3 is 2.06 bits per heavy atom. The van der Waals surface area contributed by atoms with Crippen LogP contribution in [-0.4, -0.2) is 20.0 Å². The second-order valence-corrected chi connectivity index (χ2v) is 10.8. The molecule has 0 aliphatic carbocycles. The molecule has 0 aliphatic rings. The Morgan fingerprint density at radius 2 is 1.76 bits per heavy atom. The van der Waals surface area contributed by atoms with Gasteiger partial charge < -0.3 is 9.16 Å². The van der Waals surface area contributed by atoms with Gasteiger partial charge in [0.15, 0.2) is 0 Å². The summed E-state index contributed by atoms with van der Waals surface area (Å²) >= 11 is 0. The van der Waals surface area contributed by atoms with Crippen LogP contribution < -0.4 is 0 Å². The summed E-state index contributed by atoms with van der Waals surface area (Å²) in [5, 5.41) is 0. The summed E-state index contributed by atoms with van der Waals surface area (Å²) in [7, 11) is -1.56. The van der Waals surface area contributed by atoms with E-state index in [1.54, 1.807) is 0 Å². The van der Waals surface area contributed by atoms with Gasteiger partial charge in [-0.15, -0.1) is 0 Å². The molecule has 0 radical (unpaired) electrons. The highest BCUT2D eigenvalue weighted by molar-refractivity contribution is 6.70. The summed E-state index contributed by atoms with van der Waals surface area (Å²) in [6, 6.07) is 0.